The summed E-state index contributed by atoms with van der Waals surface area (Å²) in [7, 11) is 0. The molecular weight excluding hydrogens is 362 g/mol. The molecule has 1 heterocycles. The van der Waals surface area contributed by atoms with Gasteiger partial charge in [-0.15, -0.1) is 0 Å². The molecule has 0 radical (unpaired) electrons. The first-order valence-electron chi connectivity index (χ1n) is 11.1. The Hall–Kier alpha value is -2.32. The van der Waals surface area contributed by atoms with E-state index in [1.54, 1.807) is 4.90 Å². The minimum atomic E-state index is -0.541. The third kappa shape index (κ3) is 3.91. The van der Waals surface area contributed by atoms with Crippen LogP contribution in [0.5, 0.6) is 0 Å². The van der Waals surface area contributed by atoms with Gasteiger partial charge in [0, 0.05) is 12.0 Å². The lowest BCUT2D eigenvalue weighted by Gasteiger charge is -2.52. The number of nitriles is 1. The van der Waals surface area contributed by atoms with E-state index in [1.165, 1.54) is 30.4 Å². The SMILES string of the molecule is N#C[C@@H]1[C@@H](c2ccccc2C2=CCCCC2)[C@H](CO)N1C(=O)NC1CCCCC1. The zero-order valence-electron chi connectivity index (χ0n) is 17.0. The number of aliphatic hydroxyl groups is 1. The number of allylic oxidation sites excluding steroid dienone is 2. The van der Waals surface area contributed by atoms with Crippen molar-refractivity contribution in [3.05, 3.63) is 41.5 Å². The van der Waals surface area contributed by atoms with Crippen molar-refractivity contribution >= 4 is 11.6 Å². The summed E-state index contributed by atoms with van der Waals surface area (Å²) < 4.78 is 0. The molecule has 0 bridgehead atoms. The molecule has 2 aliphatic carbocycles. The summed E-state index contributed by atoms with van der Waals surface area (Å²) in [5.74, 6) is -0.152. The highest BCUT2D eigenvalue weighted by Crippen LogP contribution is 2.44. The number of nitrogens with one attached hydrogen (secondary N) is 1. The lowest BCUT2D eigenvalue weighted by molar-refractivity contribution is 0.0152. The maximum absolute atomic E-state index is 12.9. The molecule has 5 heteroatoms. The second kappa shape index (κ2) is 9.00. The number of nitrogens with zero attached hydrogens (tertiary/aromatic N) is 2. The van der Waals surface area contributed by atoms with Crippen LogP contribution in [0.3, 0.4) is 0 Å². The van der Waals surface area contributed by atoms with Gasteiger partial charge in [-0.05, 0) is 55.2 Å². The third-order valence-corrected chi connectivity index (χ3v) is 6.86. The Bertz CT molecular complexity index is 807. The fourth-order valence-corrected chi connectivity index (χ4v) is 5.32. The van der Waals surface area contributed by atoms with Crippen LogP contribution in [-0.2, 0) is 0 Å². The Labute approximate surface area is 173 Å². The molecule has 1 aliphatic heterocycles. The van der Waals surface area contributed by atoms with Crippen LogP contribution >= 0.6 is 0 Å². The average Bonchev–Trinajstić information content (AvgIpc) is 2.75. The van der Waals surface area contributed by atoms with Crippen molar-refractivity contribution in [3.8, 4) is 6.07 Å². The zero-order valence-corrected chi connectivity index (χ0v) is 17.0. The molecule has 1 saturated carbocycles. The second-order valence-electron chi connectivity index (χ2n) is 8.60. The number of carbonyl (C=O) groups excluding carboxylic acids is 1. The highest BCUT2D eigenvalue weighted by molar-refractivity contribution is 5.78. The van der Waals surface area contributed by atoms with E-state index < -0.39 is 6.04 Å². The van der Waals surface area contributed by atoms with Crippen molar-refractivity contribution in [1.29, 1.82) is 5.26 Å². The van der Waals surface area contributed by atoms with E-state index in [4.69, 9.17) is 0 Å². The summed E-state index contributed by atoms with van der Waals surface area (Å²) in [6.07, 6.45) is 12.4. The van der Waals surface area contributed by atoms with Crippen molar-refractivity contribution in [3.63, 3.8) is 0 Å². The number of aliphatic hydroxyl groups excluding tert-OH is 1. The van der Waals surface area contributed by atoms with E-state index in [9.17, 15) is 15.2 Å². The van der Waals surface area contributed by atoms with E-state index >= 15 is 0 Å². The molecule has 2 N–H and O–H groups in total. The molecule has 2 fully saturated rings. The van der Waals surface area contributed by atoms with Crippen molar-refractivity contribution in [2.75, 3.05) is 6.61 Å². The summed E-state index contributed by atoms with van der Waals surface area (Å²) in [5.41, 5.74) is 3.61. The molecule has 0 unspecified atom stereocenters. The molecule has 3 atom stereocenters. The molecule has 0 spiro atoms. The molecule has 5 nitrogen and oxygen atoms in total. The molecule has 1 saturated heterocycles. The molecule has 29 heavy (non-hydrogen) atoms. The monoisotopic (exact) mass is 393 g/mol. The minimum Gasteiger partial charge on any atom is -0.394 e. The van der Waals surface area contributed by atoms with Gasteiger partial charge in [0.1, 0.15) is 6.04 Å². The standard InChI is InChI=1S/C24H31N3O2/c25-15-21-23(20-14-8-7-13-19(20)17-9-3-1-4-10-17)22(16-28)27(21)24(29)26-18-11-5-2-6-12-18/h7-9,13-14,18,21-23,28H,1-6,10-12,16H2,(H,26,29)/t21-,22+,23-/m1/s1. The summed E-state index contributed by atoms with van der Waals surface area (Å²) >= 11 is 0. The Morgan fingerprint density at radius 2 is 1.97 bits per heavy atom. The Morgan fingerprint density at radius 3 is 2.66 bits per heavy atom. The number of hydrogen-bond acceptors (Lipinski definition) is 3. The number of hydrogen-bond donors (Lipinski definition) is 2. The van der Waals surface area contributed by atoms with Crippen LogP contribution in [0.25, 0.3) is 5.57 Å². The van der Waals surface area contributed by atoms with Gasteiger partial charge in [-0.2, -0.15) is 5.26 Å². The van der Waals surface area contributed by atoms with E-state index in [-0.39, 0.29) is 30.6 Å². The van der Waals surface area contributed by atoms with Crippen LogP contribution in [0.15, 0.2) is 30.3 Å². The van der Waals surface area contributed by atoms with Crippen molar-refractivity contribution < 1.29 is 9.90 Å². The van der Waals surface area contributed by atoms with Crippen LogP contribution < -0.4 is 5.32 Å². The van der Waals surface area contributed by atoms with Crippen LogP contribution in [0, 0.1) is 11.3 Å². The molecule has 1 aromatic rings. The predicted molar refractivity (Wildman–Crippen MR) is 113 cm³/mol. The average molecular weight is 394 g/mol. The zero-order chi connectivity index (χ0) is 20.2. The molecular formula is C24H31N3O2. The van der Waals surface area contributed by atoms with Crippen molar-refractivity contribution in [1.82, 2.24) is 10.2 Å². The highest BCUT2D eigenvalue weighted by Gasteiger charge is 2.52. The lowest BCUT2D eigenvalue weighted by atomic mass is 9.73. The molecule has 4 rings (SSSR count). The quantitative estimate of drug-likeness (QED) is 0.799. The van der Waals surface area contributed by atoms with Gasteiger partial charge in [-0.1, -0.05) is 49.6 Å². The first kappa shape index (κ1) is 20.0. The fourth-order valence-electron chi connectivity index (χ4n) is 5.32. The topological polar surface area (TPSA) is 76.4 Å². The summed E-state index contributed by atoms with van der Waals surface area (Å²) in [6.45, 7) is -0.131. The predicted octanol–water partition coefficient (Wildman–Crippen LogP) is 4.34. The lowest BCUT2D eigenvalue weighted by Crippen LogP contribution is -2.68. The van der Waals surface area contributed by atoms with Gasteiger partial charge >= 0.3 is 6.03 Å². The number of rotatable bonds is 4. The number of carbonyl (C=O) groups is 1. The largest absolute Gasteiger partial charge is 0.394 e. The van der Waals surface area contributed by atoms with Crippen LogP contribution in [0.4, 0.5) is 4.79 Å². The normalized spacial score (nSPS) is 27.5. The van der Waals surface area contributed by atoms with Gasteiger partial charge in [0.2, 0.25) is 0 Å². The Morgan fingerprint density at radius 1 is 1.17 bits per heavy atom. The number of benzene rings is 1. The van der Waals surface area contributed by atoms with Gasteiger partial charge in [-0.25, -0.2) is 4.79 Å². The Kier molecular flexibility index (Phi) is 6.20. The van der Waals surface area contributed by atoms with Gasteiger partial charge < -0.3 is 15.3 Å². The van der Waals surface area contributed by atoms with Gasteiger partial charge in [0.15, 0.2) is 0 Å². The molecule has 0 aromatic heterocycles. The van der Waals surface area contributed by atoms with E-state index in [0.29, 0.717) is 0 Å². The second-order valence-corrected chi connectivity index (χ2v) is 8.60. The van der Waals surface area contributed by atoms with Gasteiger partial charge in [-0.3, -0.25) is 0 Å². The highest BCUT2D eigenvalue weighted by atomic mass is 16.3. The maximum Gasteiger partial charge on any atom is 0.319 e. The third-order valence-electron chi connectivity index (χ3n) is 6.86. The van der Waals surface area contributed by atoms with Crippen molar-refractivity contribution in [2.24, 2.45) is 0 Å². The molecule has 154 valence electrons. The van der Waals surface area contributed by atoms with Gasteiger partial charge in [0.25, 0.3) is 0 Å². The fraction of sp³-hybridized carbons (Fsp3) is 0.583. The van der Waals surface area contributed by atoms with E-state index in [1.807, 2.05) is 12.1 Å². The van der Waals surface area contributed by atoms with Crippen LogP contribution in [0.1, 0.15) is 74.8 Å². The number of amides is 2. The summed E-state index contributed by atoms with van der Waals surface area (Å²) in [6, 6.07) is 9.67. The number of likely N-dealkylation sites (tertiary alicyclic amines) is 1. The minimum absolute atomic E-state index is 0.131. The first-order valence-corrected chi connectivity index (χ1v) is 11.1. The van der Waals surface area contributed by atoms with Crippen LogP contribution in [-0.4, -0.2) is 40.8 Å². The first-order chi connectivity index (χ1) is 14.2. The summed E-state index contributed by atoms with van der Waals surface area (Å²) in [5, 5.41) is 23.1. The Balaban J connectivity index is 1.57. The molecule has 2 amide bonds. The van der Waals surface area contributed by atoms with Crippen LogP contribution in [0.2, 0.25) is 0 Å². The number of urea groups is 1. The van der Waals surface area contributed by atoms with Crippen molar-refractivity contribution in [2.45, 2.75) is 81.8 Å². The van der Waals surface area contributed by atoms with E-state index in [2.05, 4.69) is 29.6 Å². The smallest absolute Gasteiger partial charge is 0.319 e. The van der Waals surface area contributed by atoms with Gasteiger partial charge in [0.05, 0.1) is 18.7 Å². The summed E-state index contributed by atoms with van der Waals surface area (Å²) in [4.78, 5) is 14.5. The van der Waals surface area contributed by atoms with E-state index in [0.717, 1.165) is 44.1 Å². The molecule has 1 aromatic carbocycles. The maximum atomic E-state index is 12.9. The molecule has 3 aliphatic rings.